The molecule has 7 heteroatoms. The zero-order chi connectivity index (χ0) is 18.6. The third-order valence-corrected chi connectivity index (χ3v) is 5.68. The second-order valence-corrected chi connectivity index (χ2v) is 8.34. The van der Waals surface area contributed by atoms with Crippen LogP contribution in [-0.2, 0) is 14.6 Å². The van der Waals surface area contributed by atoms with Crippen LogP contribution in [0.1, 0.15) is 31.1 Å². The van der Waals surface area contributed by atoms with Crippen molar-refractivity contribution in [2.45, 2.75) is 30.9 Å². The van der Waals surface area contributed by atoms with E-state index in [1.54, 1.807) is 38.1 Å². The van der Waals surface area contributed by atoms with Crippen molar-refractivity contribution in [1.29, 1.82) is 0 Å². The SMILES string of the molecule is CC(=O)Nc1cccc(NC(=O)c2ccc(S(=O)(=O)C(C)C)cc2)c1. The van der Waals surface area contributed by atoms with Crippen molar-refractivity contribution in [2.75, 3.05) is 10.6 Å². The summed E-state index contributed by atoms with van der Waals surface area (Å²) >= 11 is 0. The summed E-state index contributed by atoms with van der Waals surface area (Å²) < 4.78 is 24.2. The molecular formula is C18H20N2O4S. The zero-order valence-electron chi connectivity index (χ0n) is 14.2. The van der Waals surface area contributed by atoms with E-state index in [9.17, 15) is 18.0 Å². The van der Waals surface area contributed by atoms with Crippen molar-refractivity contribution >= 4 is 33.0 Å². The average Bonchev–Trinajstić information content (AvgIpc) is 2.54. The van der Waals surface area contributed by atoms with Crippen LogP contribution in [-0.4, -0.2) is 25.5 Å². The number of carbonyl (C=O) groups is 2. The Labute approximate surface area is 147 Å². The summed E-state index contributed by atoms with van der Waals surface area (Å²) in [6.07, 6.45) is 0. The Kier molecular flexibility index (Phi) is 5.58. The Bertz CT molecular complexity index is 888. The van der Waals surface area contributed by atoms with Gasteiger partial charge in [-0.2, -0.15) is 0 Å². The quantitative estimate of drug-likeness (QED) is 0.857. The molecule has 25 heavy (non-hydrogen) atoms. The van der Waals surface area contributed by atoms with Gasteiger partial charge in [0.25, 0.3) is 5.91 Å². The third kappa shape index (κ3) is 4.67. The van der Waals surface area contributed by atoms with Crippen molar-refractivity contribution in [3.8, 4) is 0 Å². The van der Waals surface area contributed by atoms with Gasteiger partial charge in [0.05, 0.1) is 10.1 Å². The molecule has 2 aromatic carbocycles. The fraction of sp³-hybridized carbons (Fsp3) is 0.222. The normalized spacial score (nSPS) is 11.2. The molecule has 0 aromatic heterocycles. The number of rotatable bonds is 5. The van der Waals surface area contributed by atoms with E-state index in [0.717, 1.165) is 0 Å². The fourth-order valence-electron chi connectivity index (χ4n) is 2.15. The van der Waals surface area contributed by atoms with E-state index < -0.39 is 15.1 Å². The average molecular weight is 360 g/mol. The maximum absolute atomic E-state index is 12.3. The lowest BCUT2D eigenvalue weighted by molar-refractivity contribution is -0.114. The highest BCUT2D eigenvalue weighted by molar-refractivity contribution is 7.92. The van der Waals surface area contributed by atoms with Crippen LogP contribution in [0.15, 0.2) is 53.4 Å². The van der Waals surface area contributed by atoms with Crippen LogP contribution >= 0.6 is 0 Å². The Morgan fingerprint density at radius 1 is 0.920 bits per heavy atom. The Balaban J connectivity index is 2.15. The Morgan fingerprint density at radius 3 is 2.00 bits per heavy atom. The van der Waals surface area contributed by atoms with Gasteiger partial charge in [-0.25, -0.2) is 8.42 Å². The summed E-state index contributed by atoms with van der Waals surface area (Å²) in [5.74, 6) is -0.570. The predicted molar refractivity (Wildman–Crippen MR) is 97.5 cm³/mol. The van der Waals surface area contributed by atoms with Gasteiger partial charge in [0, 0.05) is 23.9 Å². The largest absolute Gasteiger partial charge is 0.326 e. The van der Waals surface area contributed by atoms with Crippen LogP contribution in [0.5, 0.6) is 0 Å². The number of hydrogen-bond acceptors (Lipinski definition) is 4. The molecule has 0 aliphatic carbocycles. The first-order valence-electron chi connectivity index (χ1n) is 7.73. The van der Waals surface area contributed by atoms with E-state index in [4.69, 9.17) is 0 Å². The first-order valence-corrected chi connectivity index (χ1v) is 9.28. The maximum Gasteiger partial charge on any atom is 0.255 e. The van der Waals surface area contributed by atoms with E-state index in [2.05, 4.69) is 10.6 Å². The molecule has 0 saturated heterocycles. The minimum absolute atomic E-state index is 0.187. The number of sulfone groups is 1. The summed E-state index contributed by atoms with van der Waals surface area (Å²) in [5.41, 5.74) is 1.44. The summed E-state index contributed by atoms with van der Waals surface area (Å²) in [6, 6.07) is 12.6. The molecular weight excluding hydrogens is 340 g/mol. The summed E-state index contributed by atoms with van der Waals surface area (Å²) in [5, 5.41) is 4.82. The number of benzene rings is 2. The third-order valence-electron chi connectivity index (χ3n) is 3.51. The van der Waals surface area contributed by atoms with Crippen LogP contribution in [0.3, 0.4) is 0 Å². The summed E-state index contributed by atoms with van der Waals surface area (Å²) in [7, 11) is -3.37. The van der Waals surface area contributed by atoms with E-state index in [1.807, 2.05) is 0 Å². The fourth-order valence-corrected chi connectivity index (χ4v) is 3.21. The second kappa shape index (κ2) is 7.48. The lowest BCUT2D eigenvalue weighted by atomic mass is 10.2. The predicted octanol–water partition coefficient (Wildman–Crippen LogP) is 3.08. The van der Waals surface area contributed by atoms with Crippen molar-refractivity contribution in [2.24, 2.45) is 0 Å². The number of anilines is 2. The lowest BCUT2D eigenvalue weighted by Crippen LogP contribution is -2.15. The van der Waals surface area contributed by atoms with Gasteiger partial charge in [0.2, 0.25) is 5.91 Å². The van der Waals surface area contributed by atoms with Crippen LogP contribution < -0.4 is 10.6 Å². The monoisotopic (exact) mass is 360 g/mol. The molecule has 2 rings (SSSR count). The standard InChI is InChI=1S/C18H20N2O4S/c1-12(2)25(23,24)17-9-7-14(8-10-17)18(22)20-16-6-4-5-15(11-16)19-13(3)21/h4-12H,1-3H3,(H,19,21)(H,20,22). The molecule has 2 aromatic rings. The molecule has 0 heterocycles. The summed E-state index contributed by atoms with van der Waals surface area (Å²) in [6.45, 7) is 4.62. The van der Waals surface area contributed by atoms with Gasteiger partial charge in [0.1, 0.15) is 0 Å². The minimum atomic E-state index is -3.37. The smallest absolute Gasteiger partial charge is 0.255 e. The van der Waals surface area contributed by atoms with Crippen molar-refractivity contribution < 1.29 is 18.0 Å². The molecule has 2 amide bonds. The highest BCUT2D eigenvalue weighted by atomic mass is 32.2. The van der Waals surface area contributed by atoms with Crippen molar-refractivity contribution in [1.82, 2.24) is 0 Å². The molecule has 0 saturated carbocycles. The molecule has 0 radical (unpaired) electrons. The lowest BCUT2D eigenvalue weighted by Gasteiger charge is -2.10. The highest BCUT2D eigenvalue weighted by Gasteiger charge is 2.19. The van der Waals surface area contributed by atoms with Crippen LogP contribution in [0.25, 0.3) is 0 Å². The molecule has 0 aliphatic heterocycles. The topological polar surface area (TPSA) is 92.3 Å². The number of hydrogen-bond donors (Lipinski definition) is 2. The zero-order valence-corrected chi connectivity index (χ0v) is 15.1. The molecule has 0 unspecified atom stereocenters. The maximum atomic E-state index is 12.3. The van der Waals surface area contributed by atoms with Crippen molar-refractivity contribution in [3.63, 3.8) is 0 Å². The van der Waals surface area contributed by atoms with Gasteiger partial charge in [0.15, 0.2) is 9.84 Å². The van der Waals surface area contributed by atoms with Gasteiger partial charge in [-0.3, -0.25) is 9.59 Å². The Hall–Kier alpha value is -2.67. The number of nitrogens with one attached hydrogen (secondary N) is 2. The van der Waals surface area contributed by atoms with Crippen LogP contribution in [0.4, 0.5) is 11.4 Å². The van der Waals surface area contributed by atoms with Gasteiger partial charge < -0.3 is 10.6 Å². The van der Waals surface area contributed by atoms with Crippen LogP contribution in [0, 0.1) is 0 Å². The molecule has 0 bridgehead atoms. The Morgan fingerprint density at radius 2 is 1.48 bits per heavy atom. The second-order valence-electron chi connectivity index (χ2n) is 5.83. The molecule has 6 nitrogen and oxygen atoms in total. The van der Waals surface area contributed by atoms with Crippen LogP contribution in [0.2, 0.25) is 0 Å². The first-order chi connectivity index (χ1) is 11.7. The molecule has 0 spiro atoms. The van der Waals surface area contributed by atoms with E-state index in [-0.39, 0.29) is 16.7 Å². The van der Waals surface area contributed by atoms with Crippen molar-refractivity contribution in [3.05, 3.63) is 54.1 Å². The number of carbonyl (C=O) groups excluding carboxylic acids is 2. The van der Waals surface area contributed by atoms with Gasteiger partial charge >= 0.3 is 0 Å². The molecule has 2 N–H and O–H groups in total. The van der Waals surface area contributed by atoms with E-state index >= 15 is 0 Å². The number of amides is 2. The molecule has 0 aliphatic rings. The first kappa shape index (κ1) is 18.7. The van der Waals surface area contributed by atoms with E-state index in [0.29, 0.717) is 16.9 Å². The minimum Gasteiger partial charge on any atom is -0.326 e. The highest BCUT2D eigenvalue weighted by Crippen LogP contribution is 2.19. The summed E-state index contributed by atoms with van der Waals surface area (Å²) in [4.78, 5) is 23.6. The van der Waals surface area contributed by atoms with Gasteiger partial charge in [-0.1, -0.05) is 6.07 Å². The van der Waals surface area contributed by atoms with Gasteiger partial charge in [-0.15, -0.1) is 0 Å². The molecule has 0 fully saturated rings. The van der Waals surface area contributed by atoms with E-state index in [1.165, 1.54) is 31.2 Å². The molecule has 132 valence electrons. The molecule has 0 atom stereocenters. The van der Waals surface area contributed by atoms with Gasteiger partial charge in [-0.05, 0) is 56.3 Å².